The monoisotopic (exact) mass is 1300 g/mol. The Labute approximate surface area is 544 Å². The van der Waals surface area contributed by atoms with Gasteiger partial charge in [0.2, 0.25) is 0 Å². The first-order valence-corrected chi connectivity index (χ1v) is 31.0. The van der Waals surface area contributed by atoms with E-state index in [4.69, 9.17) is 9.47 Å². The summed E-state index contributed by atoms with van der Waals surface area (Å²) in [5.74, 6) is 3.01. The summed E-state index contributed by atoms with van der Waals surface area (Å²) in [5.41, 5.74) is 16.4. The molecule has 0 spiro atoms. The van der Waals surface area contributed by atoms with Crippen LogP contribution in [0.2, 0.25) is 0 Å². The van der Waals surface area contributed by atoms with E-state index in [0.29, 0.717) is 26.2 Å². The number of imidazole rings is 2. The van der Waals surface area contributed by atoms with Crippen LogP contribution in [0.25, 0.3) is 44.8 Å². The number of piperazine rings is 3. The van der Waals surface area contributed by atoms with Gasteiger partial charge in [-0.2, -0.15) is 0 Å². The van der Waals surface area contributed by atoms with Crippen molar-refractivity contribution in [1.82, 2.24) is 54.1 Å². The zero-order valence-electron chi connectivity index (χ0n) is 50.9. The molecule has 0 radical (unpaired) electrons. The average Bonchev–Trinajstić information content (AvgIpc) is 1.71. The summed E-state index contributed by atoms with van der Waals surface area (Å²) in [6, 6.07) is 31.7. The van der Waals surface area contributed by atoms with E-state index in [1.807, 2.05) is 91.1 Å². The molecule has 3 fully saturated rings. The van der Waals surface area contributed by atoms with Gasteiger partial charge in [0, 0.05) is 150 Å². The number of nitrogens with zero attached hydrogens (tertiary/aromatic N) is 13. The highest BCUT2D eigenvalue weighted by molar-refractivity contribution is 9.10. The lowest BCUT2D eigenvalue weighted by Crippen LogP contribution is -2.50. The number of carbonyl (C=O) groups is 2. The van der Waals surface area contributed by atoms with Crippen LogP contribution in [0.3, 0.4) is 0 Å². The number of aromatic nitrogens is 7. The molecule has 0 bridgehead atoms. The van der Waals surface area contributed by atoms with Crippen molar-refractivity contribution in [2.45, 2.75) is 93.3 Å². The van der Waals surface area contributed by atoms with E-state index in [2.05, 4.69) is 172 Å². The van der Waals surface area contributed by atoms with Crippen molar-refractivity contribution in [2.75, 3.05) is 88.3 Å². The largest absolute Gasteiger partial charge is 0.444 e. The number of ether oxygens (including phenoxy) is 2. The molecule has 9 heterocycles. The predicted molar refractivity (Wildman–Crippen MR) is 366 cm³/mol. The van der Waals surface area contributed by atoms with Crippen LogP contribution in [0.4, 0.5) is 21.2 Å². The number of allylic oxidation sites excluding steroid dienone is 1. The molecule has 90 heavy (non-hydrogen) atoms. The molecule has 20 heteroatoms. The number of anilines is 2. The van der Waals surface area contributed by atoms with Crippen LogP contribution in [-0.4, -0.2) is 157 Å². The van der Waals surface area contributed by atoms with Gasteiger partial charge in [-0.3, -0.25) is 15.0 Å². The Balaban J connectivity index is 0.000000146. The Morgan fingerprint density at radius 1 is 0.500 bits per heavy atom. The molecule has 7 aliphatic rings. The Morgan fingerprint density at radius 3 is 1.33 bits per heavy atom. The lowest BCUT2D eigenvalue weighted by atomic mass is 10.1. The number of benzene rings is 3. The minimum absolute atomic E-state index is 0. The maximum Gasteiger partial charge on any atom is 0.410 e. The second-order valence-electron chi connectivity index (χ2n) is 24.5. The molecule has 15 rings (SSSR count). The van der Waals surface area contributed by atoms with E-state index in [0.717, 1.165) is 117 Å². The third kappa shape index (κ3) is 14.9. The van der Waals surface area contributed by atoms with Crippen molar-refractivity contribution >= 4 is 58.4 Å². The van der Waals surface area contributed by atoms with Gasteiger partial charge in [0.25, 0.3) is 0 Å². The lowest BCUT2D eigenvalue weighted by molar-refractivity contribution is 0.0167. The van der Waals surface area contributed by atoms with Gasteiger partial charge >= 0.3 is 12.2 Å². The van der Waals surface area contributed by atoms with Gasteiger partial charge < -0.3 is 48.4 Å². The van der Waals surface area contributed by atoms with Crippen molar-refractivity contribution < 1.29 is 19.1 Å². The predicted octanol–water partition coefficient (Wildman–Crippen LogP) is 13.1. The van der Waals surface area contributed by atoms with E-state index < -0.39 is 11.2 Å². The quantitative estimate of drug-likeness (QED) is 0.173. The molecule has 3 saturated heterocycles. The second-order valence-corrected chi connectivity index (χ2v) is 25.3. The summed E-state index contributed by atoms with van der Waals surface area (Å²) >= 11 is 3.58. The molecule has 3 aliphatic carbocycles. The van der Waals surface area contributed by atoms with E-state index >= 15 is 0 Å². The summed E-state index contributed by atoms with van der Waals surface area (Å²) in [6.45, 7) is 21.1. The molecule has 472 valence electrons. The highest BCUT2D eigenvalue weighted by atomic mass is 79.9. The average molecular weight is 1300 g/mol. The zero-order valence-corrected chi connectivity index (χ0v) is 53.3. The first-order valence-electron chi connectivity index (χ1n) is 30.2. The van der Waals surface area contributed by atoms with Crippen molar-refractivity contribution in [1.29, 1.82) is 0 Å². The second kappa shape index (κ2) is 28.6. The number of amides is 2. The van der Waals surface area contributed by atoms with E-state index in [1.165, 1.54) is 61.5 Å². The fourth-order valence-electron chi connectivity index (χ4n) is 12.0. The molecule has 8 aromatic rings. The molecule has 3 aromatic carbocycles. The van der Waals surface area contributed by atoms with E-state index in [-0.39, 0.29) is 39.4 Å². The van der Waals surface area contributed by atoms with Gasteiger partial charge in [-0.1, -0.05) is 104 Å². The van der Waals surface area contributed by atoms with Gasteiger partial charge in [0.15, 0.2) is 0 Å². The molecule has 2 amide bonds. The molecule has 5 aromatic heterocycles. The van der Waals surface area contributed by atoms with Crippen LogP contribution >= 0.6 is 28.3 Å². The minimum Gasteiger partial charge on any atom is -0.444 e. The van der Waals surface area contributed by atoms with Crippen molar-refractivity contribution in [3.63, 3.8) is 0 Å². The fraction of sp³-hybridized carbons (Fsp3) is 0.371. The van der Waals surface area contributed by atoms with E-state index in [1.54, 1.807) is 9.80 Å². The number of pyridine rings is 3. The summed E-state index contributed by atoms with van der Waals surface area (Å²) < 4.78 is 16.2. The van der Waals surface area contributed by atoms with Crippen LogP contribution in [0, 0.1) is 0 Å². The number of hydrogen-bond donors (Lipinski definition) is 1. The number of aliphatic imine (C=N–C) groups is 1. The Bertz CT molecular complexity index is 3860. The van der Waals surface area contributed by atoms with Gasteiger partial charge in [-0.05, 0) is 99.2 Å². The fourth-order valence-corrected chi connectivity index (χ4v) is 12.6. The topological polar surface area (TPSA) is 168 Å². The minimum atomic E-state index is -0.476. The first kappa shape index (κ1) is 66.0. The Morgan fingerprint density at radius 2 is 0.900 bits per heavy atom. The highest BCUT2D eigenvalue weighted by Crippen LogP contribution is 2.42. The van der Waals surface area contributed by atoms with Crippen molar-refractivity contribution in [3.05, 3.63) is 185 Å². The first-order chi connectivity index (χ1) is 42.1. The third-order valence-corrected chi connectivity index (χ3v) is 16.9. The van der Waals surface area contributed by atoms with Crippen LogP contribution in [0.5, 0.6) is 0 Å². The molecule has 18 nitrogen and oxygen atoms in total. The molecule has 4 aliphatic heterocycles. The number of hydrogen-bond acceptors (Lipinski definition) is 14. The lowest BCUT2D eigenvalue weighted by Gasteiger charge is -2.36. The Hall–Kier alpha value is -8.39. The zero-order chi connectivity index (χ0) is 60.2. The number of halogens is 2. The molecule has 0 saturated carbocycles. The number of nitrogens with one attached hydrogen (secondary N) is 1. The molecule has 1 N–H and O–H groups in total. The SMILES string of the molecule is Brc1ccnc2c1-c1ccccc1C2.C.C.CC(C)(C)OC(=O)N1CCN(C2=CCC=N2)CC1.CC(C)(C)OC(=O)N1CCN(c2cn(-c3ccnc4c3-c3ccccc3C4)cn2)CC1.Cl.c1ccc2c(c1)Cc1nccc(-n3cnc(N4CCNCC4)c3)c1-2. The van der Waals surface area contributed by atoms with Crippen LogP contribution in [0.1, 0.15) is 96.6 Å². The van der Waals surface area contributed by atoms with Gasteiger partial charge in [0.05, 0.1) is 40.9 Å². The maximum atomic E-state index is 12.3. The van der Waals surface area contributed by atoms with Crippen LogP contribution < -0.4 is 15.1 Å². The number of rotatable bonds is 5. The van der Waals surface area contributed by atoms with E-state index in [9.17, 15) is 9.59 Å². The van der Waals surface area contributed by atoms with Crippen LogP contribution in [-0.2, 0) is 28.7 Å². The number of fused-ring (bicyclic) bond motifs is 9. The van der Waals surface area contributed by atoms with Gasteiger partial charge in [0.1, 0.15) is 41.3 Å². The number of carbonyl (C=O) groups excluding carboxylic acids is 2. The maximum absolute atomic E-state index is 12.3. The standard InChI is InChI=1S/C24H27N5O2.C19H19N5.C13H21N3O2.C12H8BrN.2CH4.ClH/c1-24(2,3)31-23(30)28-12-10-27(11-13-28)21-15-29(16-26-21)20-8-9-25-19-14-17-6-4-5-7-18(17)22(19)20;1-2-4-15-14(3-1)11-16-19(15)17(5-6-21-16)24-12-18(22-13-24)23-9-7-20-8-10-23;1-13(2,3)18-12(17)16-9-7-15(8-10-16)11-5-4-6-14-11;13-10-5-6-14-11-7-8-3-1-2-4-9(8)12(10)11;;;/h4-9,15-16H,10-14H2,1-3H3;1-6,12-13,20H,7-11H2;5-6H,4,7-10H2,1-3H3;1-6H,7H2;2*1H4;1H. The third-order valence-electron chi connectivity index (χ3n) is 16.2. The van der Waals surface area contributed by atoms with Gasteiger partial charge in [-0.15, -0.1) is 12.4 Å². The summed E-state index contributed by atoms with van der Waals surface area (Å²) in [5, 5.41) is 3.38. The van der Waals surface area contributed by atoms with Crippen LogP contribution in [0.15, 0.2) is 156 Å². The molecule has 0 unspecified atom stereocenters. The normalized spacial score (nSPS) is 15.6. The smallest absolute Gasteiger partial charge is 0.410 e. The molecule has 0 atom stereocenters. The van der Waals surface area contributed by atoms with Gasteiger partial charge in [-0.25, -0.2) is 24.5 Å². The summed E-state index contributed by atoms with van der Waals surface area (Å²) in [6.07, 6.45) is 20.9. The summed E-state index contributed by atoms with van der Waals surface area (Å²) in [7, 11) is 0. The highest BCUT2D eigenvalue weighted by Gasteiger charge is 2.30. The molecular weight excluding hydrogens is 1220 g/mol. The van der Waals surface area contributed by atoms with Crippen molar-refractivity contribution in [3.8, 4) is 44.8 Å². The molecular formula is C70H84BrClN14O4. The Kier molecular flexibility index (Phi) is 21.0. The van der Waals surface area contributed by atoms with Crippen molar-refractivity contribution in [2.24, 2.45) is 4.99 Å². The summed E-state index contributed by atoms with van der Waals surface area (Å²) in [4.78, 5) is 61.7.